The van der Waals surface area contributed by atoms with E-state index in [1.54, 1.807) is 38.2 Å². The first-order valence-electron chi connectivity index (χ1n) is 9.67. The van der Waals surface area contributed by atoms with Crippen molar-refractivity contribution in [1.82, 2.24) is 19.5 Å². The topological polar surface area (TPSA) is 78.2 Å². The molecule has 0 unspecified atom stereocenters. The number of fused-ring (bicyclic) bond motifs is 1. The number of ether oxygens (including phenoxy) is 3. The molecule has 156 valence electrons. The quantitative estimate of drug-likeness (QED) is 0.604. The lowest BCUT2D eigenvalue weighted by molar-refractivity contribution is 0.0769. The Kier molecular flexibility index (Phi) is 5.31. The molecular formula is C22H24N4O4. The molecule has 3 aromatic rings. The van der Waals surface area contributed by atoms with Crippen LogP contribution < -0.4 is 14.2 Å². The number of benzene rings is 1. The minimum Gasteiger partial charge on any atom is -0.493 e. The molecule has 3 heterocycles. The fraction of sp³-hybridized carbons (Fsp3) is 0.318. The van der Waals surface area contributed by atoms with E-state index in [4.69, 9.17) is 14.2 Å². The van der Waals surface area contributed by atoms with E-state index >= 15 is 0 Å². The van der Waals surface area contributed by atoms with Crippen LogP contribution in [0.15, 0.2) is 36.7 Å². The third-order valence-corrected chi connectivity index (χ3v) is 5.32. The summed E-state index contributed by atoms with van der Waals surface area (Å²) in [4.78, 5) is 19.3. The van der Waals surface area contributed by atoms with Crippen molar-refractivity contribution in [2.75, 3.05) is 34.4 Å². The zero-order chi connectivity index (χ0) is 21.3. The highest BCUT2D eigenvalue weighted by atomic mass is 16.5. The Balaban J connectivity index is 1.79. The van der Waals surface area contributed by atoms with Gasteiger partial charge < -0.3 is 19.1 Å². The van der Waals surface area contributed by atoms with E-state index in [1.807, 2.05) is 30.0 Å². The number of aromatic nitrogens is 3. The molecule has 0 saturated heterocycles. The van der Waals surface area contributed by atoms with Gasteiger partial charge in [-0.05, 0) is 31.0 Å². The Morgan fingerprint density at radius 1 is 1.03 bits per heavy atom. The molecule has 0 bridgehead atoms. The third-order valence-electron chi connectivity index (χ3n) is 5.32. The van der Waals surface area contributed by atoms with Crippen LogP contribution in [0.3, 0.4) is 0 Å². The molecule has 0 radical (unpaired) electrons. The molecule has 30 heavy (non-hydrogen) atoms. The van der Waals surface area contributed by atoms with E-state index in [-0.39, 0.29) is 5.91 Å². The predicted octanol–water partition coefficient (Wildman–Crippen LogP) is 3.13. The highest BCUT2D eigenvalue weighted by Crippen LogP contribution is 2.41. The lowest BCUT2D eigenvalue weighted by Crippen LogP contribution is -2.34. The van der Waals surface area contributed by atoms with E-state index in [0.717, 1.165) is 23.2 Å². The van der Waals surface area contributed by atoms with Gasteiger partial charge in [0, 0.05) is 24.8 Å². The normalized spacial score (nSPS) is 13.5. The molecule has 1 aliphatic heterocycles. The van der Waals surface area contributed by atoms with Crippen LogP contribution in [0.1, 0.15) is 22.5 Å². The number of carbonyl (C=O) groups is 1. The fourth-order valence-electron chi connectivity index (χ4n) is 3.69. The van der Waals surface area contributed by atoms with Crippen molar-refractivity contribution in [3.63, 3.8) is 0 Å². The van der Waals surface area contributed by atoms with Crippen molar-refractivity contribution in [3.05, 3.63) is 47.9 Å². The maximum absolute atomic E-state index is 12.9. The molecule has 0 aliphatic carbocycles. The van der Waals surface area contributed by atoms with Gasteiger partial charge >= 0.3 is 0 Å². The van der Waals surface area contributed by atoms with Crippen molar-refractivity contribution in [1.29, 1.82) is 0 Å². The zero-order valence-electron chi connectivity index (χ0n) is 17.5. The summed E-state index contributed by atoms with van der Waals surface area (Å²) in [5.41, 5.74) is 3.58. The average Bonchev–Trinajstić information content (AvgIpc) is 3.23. The van der Waals surface area contributed by atoms with Crippen LogP contribution in [0.2, 0.25) is 0 Å². The van der Waals surface area contributed by atoms with Gasteiger partial charge in [-0.15, -0.1) is 0 Å². The molecular weight excluding hydrogens is 384 g/mol. The Morgan fingerprint density at radius 2 is 1.77 bits per heavy atom. The number of amides is 1. The number of hydrogen-bond acceptors (Lipinski definition) is 6. The first-order valence-corrected chi connectivity index (χ1v) is 9.67. The van der Waals surface area contributed by atoms with Crippen molar-refractivity contribution in [2.24, 2.45) is 0 Å². The van der Waals surface area contributed by atoms with Crippen molar-refractivity contribution >= 4 is 11.6 Å². The highest BCUT2D eigenvalue weighted by Gasteiger charge is 2.22. The standard InChI is InChI=1S/C22H24N4O4/c1-14-16(22(27)25-8-6-5-7-9-25)12-23-21-17(13-24-26(14)21)15-10-18(28-2)20(30-4)19(11-15)29-3/h5-6,10-13H,7-9H2,1-4H3. The number of hydrogen-bond donors (Lipinski definition) is 0. The number of rotatable bonds is 5. The molecule has 0 N–H and O–H groups in total. The number of methoxy groups -OCH3 is 3. The minimum absolute atomic E-state index is 0.0314. The van der Waals surface area contributed by atoms with Gasteiger partial charge in [0.05, 0.1) is 38.8 Å². The molecule has 8 heteroatoms. The van der Waals surface area contributed by atoms with Crippen molar-refractivity contribution < 1.29 is 19.0 Å². The predicted molar refractivity (Wildman–Crippen MR) is 112 cm³/mol. The molecule has 0 spiro atoms. The number of nitrogens with zero attached hydrogens (tertiary/aromatic N) is 4. The summed E-state index contributed by atoms with van der Waals surface area (Å²) in [7, 11) is 4.72. The third kappa shape index (κ3) is 3.24. The van der Waals surface area contributed by atoms with Gasteiger partial charge in [-0.1, -0.05) is 12.2 Å². The molecule has 2 aromatic heterocycles. The molecule has 4 rings (SSSR count). The first kappa shape index (κ1) is 19.8. The summed E-state index contributed by atoms with van der Waals surface area (Å²) < 4.78 is 18.0. The zero-order valence-corrected chi connectivity index (χ0v) is 17.5. The van der Waals surface area contributed by atoms with Crippen molar-refractivity contribution in [3.8, 4) is 28.4 Å². The van der Waals surface area contributed by atoms with Crippen LogP contribution in [0.4, 0.5) is 0 Å². The Labute approximate surface area is 174 Å². The minimum atomic E-state index is -0.0314. The summed E-state index contributed by atoms with van der Waals surface area (Å²) >= 11 is 0. The van der Waals surface area contributed by atoms with Gasteiger partial charge in [0.1, 0.15) is 0 Å². The monoisotopic (exact) mass is 408 g/mol. The number of carbonyl (C=O) groups excluding carboxylic acids is 1. The summed E-state index contributed by atoms with van der Waals surface area (Å²) in [6.07, 6.45) is 8.34. The largest absolute Gasteiger partial charge is 0.493 e. The number of aryl methyl sites for hydroxylation is 1. The summed E-state index contributed by atoms with van der Waals surface area (Å²) in [5, 5.41) is 4.49. The maximum Gasteiger partial charge on any atom is 0.257 e. The van der Waals surface area contributed by atoms with Crippen LogP contribution >= 0.6 is 0 Å². The summed E-state index contributed by atoms with van der Waals surface area (Å²) in [6.45, 7) is 3.21. The van der Waals surface area contributed by atoms with Crippen LogP contribution in [0, 0.1) is 6.92 Å². The van der Waals surface area contributed by atoms with Gasteiger partial charge in [-0.25, -0.2) is 9.50 Å². The van der Waals surface area contributed by atoms with Crippen LogP contribution in [0.5, 0.6) is 17.2 Å². The van der Waals surface area contributed by atoms with Crippen LogP contribution in [0.25, 0.3) is 16.8 Å². The molecule has 1 amide bonds. The molecule has 1 aliphatic rings. The Bertz CT molecular complexity index is 1110. The van der Waals surface area contributed by atoms with Gasteiger partial charge in [0.2, 0.25) is 5.75 Å². The summed E-state index contributed by atoms with van der Waals surface area (Å²) in [5.74, 6) is 1.59. The summed E-state index contributed by atoms with van der Waals surface area (Å²) in [6, 6.07) is 3.71. The fourth-order valence-corrected chi connectivity index (χ4v) is 3.69. The second kappa shape index (κ2) is 8.06. The van der Waals surface area contributed by atoms with Gasteiger partial charge in [0.25, 0.3) is 5.91 Å². The second-order valence-corrected chi connectivity index (χ2v) is 6.98. The van der Waals surface area contributed by atoms with E-state index in [1.165, 1.54) is 0 Å². The lowest BCUT2D eigenvalue weighted by atomic mass is 10.1. The van der Waals surface area contributed by atoms with Gasteiger partial charge in [-0.2, -0.15) is 5.10 Å². The Morgan fingerprint density at radius 3 is 2.37 bits per heavy atom. The lowest BCUT2D eigenvalue weighted by Gasteiger charge is -2.24. The molecule has 0 saturated carbocycles. The molecule has 1 aromatic carbocycles. The van der Waals surface area contributed by atoms with E-state index in [0.29, 0.717) is 41.5 Å². The Hall–Kier alpha value is -3.55. The van der Waals surface area contributed by atoms with E-state index < -0.39 is 0 Å². The van der Waals surface area contributed by atoms with Crippen molar-refractivity contribution in [2.45, 2.75) is 13.3 Å². The first-order chi connectivity index (χ1) is 14.6. The maximum atomic E-state index is 12.9. The average molecular weight is 408 g/mol. The smallest absolute Gasteiger partial charge is 0.257 e. The molecule has 0 atom stereocenters. The second-order valence-electron chi connectivity index (χ2n) is 6.98. The molecule has 0 fully saturated rings. The van der Waals surface area contributed by atoms with E-state index in [2.05, 4.69) is 16.2 Å². The van der Waals surface area contributed by atoms with E-state index in [9.17, 15) is 4.79 Å². The van der Waals surface area contributed by atoms with Crippen LogP contribution in [-0.2, 0) is 0 Å². The van der Waals surface area contributed by atoms with Crippen LogP contribution in [-0.4, -0.2) is 59.8 Å². The molecule has 8 nitrogen and oxygen atoms in total. The highest BCUT2D eigenvalue weighted by molar-refractivity contribution is 5.95. The SMILES string of the molecule is COc1cc(-c2cnn3c(C)c(C(=O)N4CC=CCC4)cnc23)cc(OC)c1OC. The van der Waals surface area contributed by atoms with Gasteiger partial charge in [0.15, 0.2) is 17.1 Å². The van der Waals surface area contributed by atoms with Gasteiger partial charge in [-0.3, -0.25) is 4.79 Å².